The van der Waals surface area contributed by atoms with Crippen molar-refractivity contribution in [2.75, 3.05) is 0 Å². The van der Waals surface area contributed by atoms with E-state index in [2.05, 4.69) is 0 Å². The first kappa shape index (κ1) is 8.86. The third-order valence-corrected chi connectivity index (χ3v) is 0. The number of rotatable bonds is 0. The molecule has 5 heavy (non-hydrogen) atoms. The van der Waals surface area contributed by atoms with Crippen LogP contribution in [0.1, 0.15) is 6.92 Å². The van der Waals surface area contributed by atoms with Gasteiger partial charge in [-0.05, 0) is 6.92 Å². The molecule has 0 spiro atoms. The van der Waals surface area contributed by atoms with Crippen molar-refractivity contribution in [3.63, 3.8) is 0 Å². The molecule has 0 aromatic rings. The lowest BCUT2D eigenvalue weighted by Crippen LogP contribution is -1.92. The van der Waals surface area contributed by atoms with Crippen molar-refractivity contribution in [2.24, 2.45) is 0 Å². The molecule has 34 valence electrons. The molecular weight excluding hydrogens is 72.0 g/mol. The Kier molecular flexibility index (Phi) is 6.87. The Balaban J connectivity index is 0. The van der Waals surface area contributed by atoms with Crippen molar-refractivity contribution in [3.8, 4) is 0 Å². The molecular formula is C2H8O3. The molecule has 0 radical (unpaired) electrons. The average molecular weight is 80.1 g/mol. The quantitative estimate of drug-likeness (QED) is 0.347. The SMILES string of the molecule is CC(O)O.O. The zero-order chi connectivity index (χ0) is 3.58. The predicted molar refractivity (Wildman–Crippen MR) is 17.5 cm³/mol. The lowest BCUT2D eigenvalue weighted by Gasteiger charge is -1.80. The zero-order valence-corrected chi connectivity index (χ0v) is 2.97. The van der Waals surface area contributed by atoms with Crippen molar-refractivity contribution in [1.82, 2.24) is 0 Å². The van der Waals surface area contributed by atoms with Crippen molar-refractivity contribution < 1.29 is 15.7 Å². The van der Waals surface area contributed by atoms with E-state index in [1.165, 1.54) is 6.92 Å². The molecule has 0 unspecified atom stereocenters. The highest BCUT2D eigenvalue weighted by atomic mass is 16.5. The second-order valence-electron chi connectivity index (χ2n) is 0.632. The summed E-state index contributed by atoms with van der Waals surface area (Å²) in [6.45, 7) is 1.28. The smallest absolute Gasteiger partial charge is 0.148 e. The summed E-state index contributed by atoms with van der Waals surface area (Å²) in [5.74, 6) is 0. The van der Waals surface area contributed by atoms with Crippen LogP contribution in [0.5, 0.6) is 0 Å². The Morgan fingerprint density at radius 1 is 1.40 bits per heavy atom. The van der Waals surface area contributed by atoms with Gasteiger partial charge in [-0.2, -0.15) is 0 Å². The maximum absolute atomic E-state index is 7.61. The summed E-state index contributed by atoms with van der Waals surface area (Å²) < 4.78 is 0. The van der Waals surface area contributed by atoms with E-state index in [0.29, 0.717) is 0 Å². The Morgan fingerprint density at radius 2 is 1.40 bits per heavy atom. The van der Waals surface area contributed by atoms with Crippen LogP contribution in [0.25, 0.3) is 0 Å². The molecule has 0 bridgehead atoms. The molecule has 0 aliphatic heterocycles. The Bertz CT molecular complexity index is 9.61. The van der Waals surface area contributed by atoms with Crippen LogP contribution >= 0.6 is 0 Å². The minimum atomic E-state index is -1.17. The number of aliphatic hydroxyl groups excluding tert-OH is 1. The first-order valence-electron chi connectivity index (χ1n) is 1.09. The van der Waals surface area contributed by atoms with Gasteiger partial charge in [0.2, 0.25) is 0 Å². The average Bonchev–Trinajstić information content (AvgIpc) is 0.811. The molecule has 0 aromatic carbocycles. The molecule has 0 aliphatic carbocycles. The molecule has 0 rings (SSSR count). The second-order valence-corrected chi connectivity index (χ2v) is 0.632. The van der Waals surface area contributed by atoms with Crippen LogP contribution in [0.2, 0.25) is 0 Å². The molecule has 0 aliphatic rings. The number of hydrogen-bond donors (Lipinski definition) is 2. The first-order chi connectivity index (χ1) is 1.73. The molecule has 0 saturated heterocycles. The summed E-state index contributed by atoms with van der Waals surface area (Å²) >= 11 is 0. The fourth-order valence-electron chi connectivity index (χ4n) is 0. The van der Waals surface area contributed by atoms with Gasteiger partial charge in [-0.25, -0.2) is 0 Å². The van der Waals surface area contributed by atoms with Gasteiger partial charge in [0.1, 0.15) is 6.29 Å². The van der Waals surface area contributed by atoms with Crippen molar-refractivity contribution >= 4 is 0 Å². The normalized spacial score (nSPS) is 7.20. The Labute approximate surface area is 30.2 Å². The maximum Gasteiger partial charge on any atom is 0.148 e. The number of hydrogen-bond acceptors (Lipinski definition) is 2. The standard InChI is InChI=1S/C2H6O2.H2O/c1-2(3)4;/h2-4H,1H3;1H2. The van der Waals surface area contributed by atoms with E-state index >= 15 is 0 Å². The van der Waals surface area contributed by atoms with Gasteiger partial charge >= 0.3 is 0 Å². The third-order valence-electron chi connectivity index (χ3n) is 0. The molecule has 3 nitrogen and oxygen atoms in total. The Morgan fingerprint density at radius 3 is 1.40 bits per heavy atom. The zero-order valence-electron chi connectivity index (χ0n) is 2.97. The highest BCUT2D eigenvalue weighted by molar-refractivity contribution is 4.02. The van der Waals surface area contributed by atoms with Crippen molar-refractivity contribution in [1.29, 1.82) is 0 Å². The summed E-state index contributed by atoms with van der Waals surface area (Å²) in [6.07, 6.45) is -1.17. The van der Waals surface area contributed by atoms with Gasteiger partial charge in [0.05, 0.1) is 0 Å². The highest BCUT2D eigenvalue weighted by Crippen LogP contribution is 1.57. The summed E-state index contributed by atoms with van der Waals surface area (Å²) in [5, 5.41) is 15.2. The molecule has 0 saturated carbocycles. The third kappa shape index (κ3) is 952. The minimum absolute atomic E-state index is 0. The maximum atomic E-state index is 7.61. The van der Waals surface area contributed by atoms with Crippen molar-refractivity contribution in [2.45, 2.75) is 13.2 Å². The van der Waals surface area contributed by atoms with Crippen LogP contribution in [-0.4, -0.2) is 22.0 Å². The monoisotopic (exact) mass is 80.0 g/mol. The van der Waals surface area contributed by atoms with E-state index in [1.54, 1.807) is 0 Å². The molecule has 0 atom stereocenters. The van der Waals surface area contributed by atoms with E-state index in [1.807, 2.05) is 0 Å². The molecule has 3 heteroatoms. The van der Waals surface area contributed by atoms with Gasteiger partial charge in [-0.15, -0.1) is 0 Å². The van der Waals surface area contributed by atoms with Gasteiger partial charge in [0.15, 0.2) is 0 Å². The summed E-state index contributed by atoms with van der Waals surface area (Å²) in [4.78, 5) is 0. The van der Waals surface area contributed by atoms with Gasteiger partial charge in [-0.1, -0.05) is 0 Å². The van der Waals surface area contributed by atoms with Crippen LogP contribution in [-0.2, 0) is 0 Å². The minimum Gasteiger partial charge on any atom is -0.412 e. The summed E-state index contributed by atoms with van der Waals surface area (Å²) in [7, 11) is 0. The molecule has 0 amide bonds. The van der Waals surface area contributed by atoms with Crippen LogP contribution in [0, 0.1) is 0 Å². The van der Waals surface area contributed by atoms with Crippen LogP contribution < -0.4 is 0 Å². The van der Waals surface area contributed by atoms with E-state index in [-0.39, 0.29) is 5.48 Å². The topological polar surface area (TPSA) is 72.0 Å². The first-order valence-corrected chi connectivity index (χ1v) is 1.09. The highest BCUT2D eigenvalue weighted by Gasteiger charge is 1.70. The van der Waals surface area contributed by atoms with Crippen LogP contribution in [0.4, 0.5) is 0 Å². The largest absolute Gasteiger partial charge is 0.412 e. The van der Waals surface area contributed by atoms with Gasteiger partial charge in [-0.3, -0.25) is 0 Å². The number of aliphatic hydroxyl groups is 2. The van der Waals surface area contributed by atoms with Crippen LogP contribution in [0.15, 0.2) is 0 Å². The molecule has 0 heterocycles. The molecule has 4 N–H and O–H groups in total. The van der Waals surface area contributed by atoms with E-state index in [4.69, 9.17) is 10.2 Å². The fourth-order valence-corrected chi connectivity index (χ4v) is 0. The van der Waals surface area contributed by atoms with Gasteiger partial charge < -0.3 is 15.7 Å². The second kappa shape index (κ2) is 3.88. The lowest BCUT2D eigenvalue weighted by atomic mass is 10.8. The fraction of sp³-hybridized carbons (Fsp3) is 1.00. The summed E-state index contributed by atoms with van der Waals surface area (Å²) in [6, 6.07) is 0. The predicted octanol–water partition coefficient (Wildman–Crippen LogP) is -1.51. The summed E-state index contributed by atoms with van der Waals surface area (Å²) in [5.41, 5.74) is 0. The van der Waals surface area contributed by atoms with Gasteiger partial charge in [0.25, 0.3) is 0 Å². The Hall–Kier alpha value is -0.120. The molecule has 0 fully saturated rings. The lowest BCUT2D eigenvalue weighted by molar-refractivity contribution is -0.0228. The van der Waals surface area contributed by atoms with Crippen LogP contribution in [0.3, 0.4) is 0 Å². The van der Waals surface area contributed by atoms with Crippen molar-refractivity contribution in [3.05, 3.63) is 0 Å². The van der Waals surface area contributed by atoms with E-state index in [0.717, 1.165) is 0 Å². The molecule has 0 aromatic heterocycles. The van der Waals surface area contributed by atoms with Gasteiger partial charge in [0, 0.05) is 0 Å². The van der Waals surface area contributed by atoms with E-state index < -0.39 is 6.29 Å². The van der Waals surface area contributed by atoms with E-state index in [9.17, 15) is 0 Å².